The minimum atomic E-state index is 0.442. The van der Waals surface area contributed by atoms with E-state index in [-0.39, 0.29) is 0 Å². The molecular weight excluding hydrogens is 382 g/mol. The highest BCUT2D eigenvalue weighted by Crippen LogP contribution is 2.36. The predicted octanol–water partition coefficient (Wildman–Crippen LogP) is 5.54. The highest BCUT2D eigenvalue weighted by atomic mass is 35.5. The first kappa shape index (κ1) is 19.2. The Kier molecular flexibility index (Phi) is 5.98. The van der Waals surface area contributed by atoms with Crippen molar-refractivity contribution in [2.75, 3.05) is 19.6 Å². The lowest BCUT2D eigenvalue weighted by atomic mass is 10.0. The molecule has 2 aromatic carbocycles. The Morgan fingerprint density at radius 2 is 1.96 bits per heavy atom. The van der Waals surface area contributed by atoms with Crippen LogP contribution in [-0.4, -0.2) is 25.4 Å². The second-order valence-electron chi connectivity index (χ2n) is 5.93. The van der Waals surface area contributed by atoms with Crippen molar-refractivity contribution in [1.29, 1.82) is 0 Å². The topological polar surface area (TPSA) is 55.7 Å². The van der Waals surface area contributed by atoms with Crippen LogP contribution in [0.4, 0.5) is 5.13 Å². The fraction of sp³-hybridized carbons (Fsp3) is 0.200. The van der Waals surface area contributed by atoms with E-state index in [1.807, 2.05) is 11.4 Å². The summed E-state index contributed by atoms with van der Waals surface area (Å²) in [7, 11) is 3.12. The average molecular weight is 402 g/mol. The van der Waals surface area contributed by atoms with Crippen molar-refractivity contribution in [2.45, 2.75) is 13.8 Å². The van der Waals surface area contributed by atoms with Crippen LogP contribution in [-0.2, 0) is 0 Å². The standard InChI is InChI=1S/C20H20ClN3O2S/c1-12-5-7-15(13(2)9-12)16-11-27-20(23-16)24-22-10-14-6-8-17(25-3)19(26-4)18(14)21/h5-11H,1-4H3,(H,23,24)/b22-10-. The van der Waals surface area contributed by atoms with Crippen molar-refractivity contribution in [2.24, 2.45) is 5.10 Å². The molecule has 1 N–H and O–H groups in total. The fourth-order valence-corrected chi connectivity index (χ4v) is 3.65. The van der Waals surface area contributed by atoms with Crippen molar-refractivity contribution >= 4 is 34.3 Å². The first-order valence-electron chi connectivity index (χ1n) is 8.26. The van der Waals surface area contributed by atoms with Crippen LogP contribution in [0.5, 0.6) is 11.5 Å². The molecule has 7 heteroatoms. The molecule has 0 atom stereocenters. The molecule has 0 fully saturated rings. The van der Waals surface area contributed by atoms with Gasteiger partial charge in [0.05, 0.1) is 31.2 Å². The second kappa shape index (κ2) is 8.41. The maximum atomic E-state index is 6.35. The summed E-state index contributed by atoms with van der Waals surface area (Å²) in [4.78, 5) is 4.60. The van der Waals surface area contributed by atoms with Crippen LogP contribution in [0.15, 0.2) is 40.8 Å². The molecule has 0 saturated carbocycles. The van der Waals surface area contributed by atoms with Crippen molar-refractivity contribution in [1.82, 2.24) is 4.98 Å². The molecule has 0 unspecified atom stereocenters. The maximum Gasteiger partial charge on any atom is 0.203 e. The molecule has 0 radical (unpaired) electrons. The van der Waals surface area contributed by atoms with Gasteiger partial charge in [0.25, 0.3) is 0 Å². The molecule has 0 bridgehead atoms. The van der Waals surface area contributed by atoms with Crippen LogP contribution in [0.3, 0.4) is 0 Å². The third-order valence-corrected chi connectivity index (χ3v) is 5.18. The minimum absolute atomic E-state index is 0.442. The van der Waals surface area contributed by atoms with Crippen LogP contribution < -0.4 is 14.9 Å². The number of halogens is 1. The lowest BCUT2D eigenvalue weighted by molar-refractivity contribution is 0.355. The van der Waals surface area contributed by atoms with Gasteiger partial charge < -0.3 is 9.47 Å². The van der Waals surface area contributed by atoms with E-state index >= 15 is 0 Å². The Bertz CT molecular complexity index is 985. The van der Waals surface area contributed by atoms with E-state index in [0.717, 1.165) is 11.3 Å². The largest absolute Gasteiger partial charge is 0.493 e. The molecule has 0 spiro atoms. The molecule has 27 heavy (non-hydrogen) atoms. The Hall–Kier alpha value is -2.57. The van der Waals surface area contributed by atoms with Crippen molar-refractivity contribution in [3.63, 3.8) is 0 Å². The summed E-state index contributed by atoms with van der Waals surface area (Å²) in [6.45, 7) is 4.17. The minimum Gasteiger partial charge on any atom is -0.493 e. The number of hydrogen-bond donors (Lipinski definition) is 1. The number of aromatic nitrogens is 1. The number of methoxy groups -OCH3 is 2. The first-order valence-corrected chi connectivity index (χ1v) is 9.52. The van der Waals surface area contributed by atoms with Crippen molar-refractivity contribution < 1.29 is 9.47 Å². The van der Waals surface area contributed by atoms with Gasteiger partial charge in [-0.25, -0.2) is 4.98 Å². The van der Waals surface area contributed by atoms with E-state index in [4.69, 9.17) is 21.1 Å². The van der Waals surface area contributed by atoms with Crippen LogP contribution >= 0.6 is 22.9 Å². The van der Waals surface area contributed by atoms with E-state index in [9.17, 15) is 0 Å². The highest BCUT2D eigenvalue weighted by molar-refractivity contribution is 7.14. The zero-order chi connectivity index (χ0) is 19.4. The zero-order valence-corrected chi connectivity index (χ0v) is 17.1. The molecule has 5 nitrogen and oxygen atoms in total. The monoisotopic (exact) mass is 401 g/mol. The Morgan fingerprint density at radius 3 is 2.67 bits per heavy atom. The first-order chi connectivity index (χ1) is 13.0. The molecule has 3 aromatic rings. The number of nitrogens with zero attached hydrogens (tertiary/aromatic N) is 2. The fourth-order valence-electron chi connectivity index (χ4n) is 2.71. The molecule has 140 valence electrons. The molecule has 3 rings (SSSR count). The average Bonchev–Trinajstić information content (AvgIpc) is 3.11. The normalized spacial score (nSPS) is 11.0. The number of aryl methyl sites for hydroxylation is 2. The Labute approximate surface area is 167 Å². The van der Waals surface area contributed by atoms with Gasteiger partial charge in [0.15, 0.2) is 11.5 Å². The van der Waals surface area contributed by atoms with E-state index in [0.29, 0.717) is 27.2 Å². The molecule has 1 heterocycles. The SMILES string of the molecule is COc1ccc(/C=N\Nc2nc(-c3ccc(C)cc3C)cs2)c(Cl)c1OC. The Morgan fingerprint density at radius 1 is 1.15 bits per heavy atom. The molecule has 0 amide bonds. The van der Waals surface area contributed by atoms with Gasteiger partial charge in [-0.05, 0) is 31.5 Å². The van der Waals surface area contributed by atoms with Gasteiger partial charge in [0.1, 0.15) is 0 Å². The van der Waals surface area contributed by atoms with E-state index in [2.05, 4.69) is 47.6 Å². The molecule has 0 aliphatic rings. The third kappa shape index (κ3) is 4.23. The number of rotatable bonds is 6. The van der Waals surface area contributed by atoms with Gasteiger partial charge in [0.2, 0.25) is 5.13 Å². The smallest absolute Gasteiger partial charge is 0.203 e. The molecular formula is C20H20ClN3O2S. The van der Waals surface area contributed by atoms with Gasteiger partial charge in [-0.3, -0.25) is 5.43 Å². The molecule has 0 aliphatic heterocycles. The Balaban J connectivity index is 1.75. The van der Waals surface area contributed by atoms with Crippen LogP contribution in [0.25, 0.3) is 11.3 Å². The van der Waals surface area contributed by atoms with Crippen molar-refractivity contribution in [3.8, 4) is 22.8 Å². The van der Waals surface area contributed by atoms with Crippen LogP contribution in [0.1, 0.15) is 16.7 Å². The second-order valence-corrected chi connectivity index (χ2v) is 7.17. The number of anilines is 1. The molecule has 1 aromatic heterocycles. The van der Waals surface area contributed by atoms with Gasteiger partial charge in [-0.2, -0.15) is 5.10 Å². The van der Waals surface area contributed by atoms with Gasteiger partial charge >= 0.3 is 0 Å². The summed E-state index contributed by atoms with van der Waals surface area (Å²) in [6.07, 6.45) is 1.63. The van der Waals surface area contributed by atoms with Crippen molar-refractivity contribution in [3.05, 3.63) is 57.4 Å². The summed E-state index contributed by atoms with van der Waals surface area (Å²) >= 11 is 7.85. The lowest BCUT2D eigenvalue weighted by Crippen LogP contribution is -1.96. The van der Waals surface area contributed by atoms with E-state index in [1.165, 1.54) is 22.5 Å². The van der Waals surface area contributed by atoms with Gasteiger partial charge in [-0.15, -0.1) is 11.3 Å². The summed E-state index contributed by atoms with van der Waals surface area (Å²) in [6, 6.07) is 9.94. The highest BCUT2D eigenvalue weighted by Gasteiger charge is 2.12. The number of ether oxygens (including phenoxy) is 2. The van der Waals surface area contributed by atoms with Gasteiger partial charge in [0, 0.05) is 16.5 Å². The lowest BCUT2D eigenvalue weighted by Gasteiger charge is -2.10. The third-order valence-electron chi connectivity index (χ3n) is 4.04. The number of hydrazone groups is 1. The van der Waals surface area contributed by atoms with Crippen LogP contribution in [0, 0.1) is 13.8 Å². The summed E-state index contributed by atoms with van der Waals surface area (Å²) < 4.78 is 10.5. The quantitative estimate of drug-likeness (QED) is 0.435. The number of nitrogens with one attached hydrogen (secondary N) is 1. The summed E-state index contributed by atoms with van der Waals surface area (Å²) in [5, 5.41) is 7.40. The maximum absolute atomic E-state index is 6.35. The zero-order valence-electron chi connectivity index (χ0n) is 15.5. The van der Waals surface area contributed by atoms with Crippen LogP contribution in [0.2, 0.25) is 5.02 Å². The number of hydrogen-bond acceptors (Lipinski definition) is 6. The number of thiazole rings is 1. The van der Waals surface area contributed by atoms with E-state index < -0.39 is 0 Å². The predicted molar refractivity (Wildman–Crippen MR) is 113 cm³/mol. The summed E-state index contributed by atoms with van der Waals surface area (Å²) in [5.41, 5.74) is 8.16. The number of benzene rings is 2. The molecule has 0 saturated heterocycles. The van der Waals surface area contributed by atoms with Gasteiger partial charge in [-0.1, -0.05) is 35.4 Å². The summed E-state index contributed by atoms with van der Waals surface area (Å²) in [5.74, 6) is 1.06. The molecule has 0 aliphatic carbocycles. The van der Waals surface area contributed by atoms with E-state index in [1.54, 1.807) is 26.5 Å².